The normalized spacial score (nSPS) is 11.1. The van der Waals surface area contributed by atoms with E-state index in [0.29, 0.717) is 6.61 Å². The Balaban J connectivity index is 1.27. The van der Waals surface area contributed by atoms with Crippen LogP contribution < -0.4 is 10.1 Å². The number of hydrogen-bond acceptors (Lipinski definition) is 2. The molecule has 2 N–H and O–H groups in total. The van der Waals surface area contributed by atoms with Gasteiger partial charge in [0.05, 0.1) is 4.47 Å². The highest BCUT2D eigenvalue weighted by atomic mass is 79.9. The van der Waals surface area contributed by atoms with Crippen molar-refractivity contribution in [2.24, 2.45) is 0 Å². The van der Waals surface area contributed by atoms with Crippen LogP contribution in [-0.4, -0.2) is 11.5 Å². The number of ether oxygens (including phenoxy) is 1. The highest BCUT2D eigenvalue weighted by molar-refractivity contribution is 9.10. The number of nitrogens with one attached hydrogen (secondary N) is 2. The van der Waals surface area contributed by atoms with Gasteiger partial charge >= 0.3 is 0 Å². The quantitative estimate of drug-likeness (QED) is 0.289. The zero-order chi connectivity index (χ0) is 20.1. The first kappa shape index (κ1) is 20.0. The van der Waals surface area contributed by atoms with Crippen molar-refractivity contribution in [1.82, 2.24) is 10.3 Å². The average molecular weight is 470 g/mol. The Morgan fingerprint density at radius 2 is 1.76 bits per heavy atom. The van der Waals surface area contributed by atoms with Crippen LogP contribution in [0.2, 0.25) is 5.02 Å². The molecular formula is C24H22BrClN2O. The van der Waals surface area contributed by atoms with E-state index in [-0.39, 0.29) is 0 Å². The largest absolute Gasteiger partial charge is 0.488 e. The van der Waals surface area contributed by atoms with Crippen LogP contribution in [0.3, 0.4) is 0 Å². The Bertz CT molecular complexity index is 1090. The van der Waals surface area contributed by atoms with Crippen molar-refractivity contribution in [3.05, 3.63) is 99.1 Å². The molecule has 0 fully saturated rings. The van der Waals surface area contributed by atoms with Gasteiger partial charge in [-0.1, -0.05) is 48.0 Å². The Kier molecular flexibility index (Phi) is 6.55. The van der Waals surface area contributed by atoms with Gasteiger partial charge in [-0.15, -0.1) is 0 Å². The molecule has 0 radical (unpaired) electrons. The molecular weight excluding hydrogens is 448 g/mol. The molecule has 29 heavy (non-hydrogen) atoms. The van der Waals surface area contributed by atoms with E-state index >= 15 is 0 Å². The Morgan fingerprint density at radius 1 is 0.966 bits per heavy atom. The summed E-state index contributed by atoms with van der Waals surface area (Å²) in [5, 5.41) is 5.56. The molecule has 5 heteroatoms. The summed E-state index contributed by atoms with van der Waals surface area (Å²) in [5.74, 6) is 0.836. The van der Waals surface area contributed by atoms with Gasteiger partial charge in [0.25, 0.3) is 0 Å². The van der Waals surface area contributed by atoms with E-state index in [1.165, 1.54) is 22.0 Å². The van der Waals surface area contributed by atoms with Gasteiger partial charge in [0.15, 0.2) is 0 Å². The fraction of sp³-hybridized carbons (Fsp3) is 0.167. The van der Waals surface area contributed by atoms with Crippen LogP contribution in [0.4, 0.5) is 0 Å². The number of H-pyrrole nitrogens is 1. The monoisotopic (exact) mass is 468 g/mol. The minimum Gasteiger partial charge on any atom is -0.488 e. The Hall–Kier alpha value is -2.27. The van der Waals surface area contributed by atoms with Gasteiger partial charge in [-0.2, -0.15) is 0 Å². The maximum atomic E-state index is 5.92. The third kappa shape index (κ3) is 5.21. The molecule has 0 saturated carbocycles. The van der Waals surface area contributed by atoms with Crippen LogP contribution in [0.1, 0.15) is 16.7 Å². The van der Waals surface area contributed by atoms with E-state index in [1.807, 2.05) is 30.3 Å². The topological polar surface area (TPSA) is 37.0 Å². The highest BCUT2D eigenvalue weighted by Gasteiger charge is 2.05. The van der Waals surface area contributed by atoms with E-state index in [1.54, 1.807) is 0 Å². The molecule has 1 heterocycles. The molecule has 0 unspecified atom stereocenters. The smallest absolute Gasteiger partial charge is 0.134 e. The Morgan fingerprint density at radius 3 is 2.59 bits per heavy atom. The third-order valence-corrected chi connectivity index (χ3v) is 5.75. The van der Waals surface area contributed by atoms with Crippen molar-refractivity contribution in [3.63, 3.8) is 0 Å². The van der Waals surface area contributed by atoms with Crippen molar-refractivity contribution < 1.29 is 4.74 Å². The van der Waals surface area contributed by atoms with Gasteiger partial charge in [0.2, 0.25) is 0 Å². The summed E-state index contributed by atoms with van der Waals surface area (Å²) in [6.07, 6.45) is 3.10. The molecule has 0 aliphatic heterocycles. The van der Waals surface area contributed by atoms with Gasteiger partial charge in [0, 0.05) is 28.7 Å². The van der Waals surface area contributed by atoms with E-state index in [0.717, 1.165) is 40.3 Å². The first-order valence-corrected chi connectivity index (χ1v) is 10.8. The number of halogens is 2. The average Bonchev–Trinajstić information content (AvgIpc) is 3.15. The molecule has 0 bridgehead atoms. The van der Waals surface area contributed by atoms with Crippen LogP contribution in [0.25, 0.3) is 10.9 Å². The van der Waals surface area contributed by atoms with Gasteiger partial charge in [-0.05, 0) is 75.9 Å². The van der Waals surface area contributed by atoms with E-state index in [9.17, 15) is 0 Å². The molecule has 0 atom stereocenters. The van der Waals surface area contributed by atoms with E-state index in [4.69, 9.17) is 16.3 Å². The number of rotatable bonds is 8. The van der Waals surface area contributed by atoms with Gasteiger partial charge in [0.1, 0.15) is 12.4 Å². The van der Waals surface area contributed by atoms with Crippen LogP contribution >= 0.6 is 27.5 Å². The molecule has 0 aliphatic carbocycles. The van der Waals surface area contributed by atoms with Crippen molar-refractivity contribution in [3.8, 4) is 5.75 Å². The fourth-order valence-electron chi connectivity index (χ4n) is 3.31. The summed E-state index contributed by atoms with van der Waals surface area (Å²) in [6, 6.07) is 22.3. The zero-order valence-corrected chi connectivity index (χ0v) is 18.3. The second-order valence-corrected chi connectivity index (χ2v) is 8.26. The standard InChI is InChI=1S/C24H22BrClN2O/c25-22-13-18(7-10-24(22)29-16-17-5-8-20(26)9-6-17)14-27-12-11-19-15-28-23-4-2-1-3-21(19)23/h1-10,13,15,27-28H,11-12,14,16H2. The van der Waals surface area contributed by atoms with Crippen molar-refractivity contribution in [1.29, 1.82) is 0 Å². The summed E-state index contributed by atoms with van der Waals surface area (Å²) >= 11 is 9.54. The first-order valence-electron chi connectivity index (χ1n) is 9.60. The van der Waals surface area contributed by atoms with Crippen molar-refractivity contribution in [2.45, 2.75) is 19.6 Å². The lowest BCUT2D eigenvalue weighted by molar-refractivity contribution is 0.304. The minimum absolute atomic E-state index is 0.512. The molecule has 1 aromatic heterocycles. The van der Waals surface area contributed by atoms with E-state index < -0.39 is 0 Å². The summed E-state index contributed by atoms with van der Waals surface area (Å²) in [6.45, 7) is 2.25. The lowest BCUT2D eigenvalue weighted by atomic mass is 10.1. The molecule has 0 amide bonds. The second kappa shape index (κ2) is 9.49. The molecule has 3 nitrogen and oxygen atoms in total. The number of hydrogen-bond donors (Lipinski definition) is 2. The summed E-state index contributed by atoms with van der Waals surface area (Å²) in [5.41, 5.74) is 4.85. The maximum absolute atomic E-state index is 5.92. The molecule has 4 rings (SSSR count). The number of aromatic nitrogens is 1. The number of fused-ring (bicyclic) bond motifs is 1. The van der Waals surface area contributed by atoms with Crippen LogP contribution in [0, 0.1) is 0 Å². The predicted molar refractivity (Wildman–Crippen MR) is 124 cm³/mol. The summed E-state index contributed by atoms with van der Waals surface area (Å²) < 4.78 is 6.88. The molecule has 0 spiro atoms. The lowest BCUT2D eigenvalue weighted by Gasteiger charge is -2.11. The minimum atomic E-state index is 0.512. The zero-order valence-electron chi connectivity index (χ0n) is 15.9. The number of para-hydroxylation sites is 1. The SMILES string of the molecule is Clc1ccc(COc2ccc(CNCCc3c[nH]c4ccccc34)cc2Br)cc1. The molecule has 3 aromatic carbocycles. The third-order valence-electron chi connectivity index (χ3n) is 4.88. The van der Waals surface area contributed by atoms with Crippen molar-refractivity contribution in [2.75, 3.05) is 6.54 Å². The highest BCUT2D eigenvalue weighted by Crippen LogP contribution is 2.27. The molecule has 0 saturated heterocycles. The molecule has 4 aromatic rings. The van der Waals surface area contributed by atoms with Crippen LogP contribution in [-0.2, 0) is 19.6 Å². The lowest BCUT2D eigenvalue weighted by Crippen LogP contribution is -2.16. The summed E-state index contributed by atoms with van der Waals surface area (Å²) in [4.78, 5) is 3.33. The summed E-state index contributed by atoms with van der Waals surface area (Å²) in [7, 11) is 0. The molecule has 0 aliphatic rings. The fourth-order valence-corrected chi connectivity index (χ4v) is 3.97. The first-order chi connectivity index (χ1) is 14.2. The van der Waals surface area contributed by atoms with Crippen molar-refractivity contribution >= 4 is 38.4 Å². The van der Waals surface area contributed by atoms with Gasteiger partial charge < -0.3 is 15.0 Å². The molecule has 148 valence electrons. The number of benzene rings is 3. The van der Waals surface area contributed by atoms with E-state index in [2.05, 4.69) is 68.8 Å². The van der Waals surface area contributed by atoms with Crippen LogP contribution in [0.15, 0.2) is 77.4 Å². The van der Waals surface area contributed by atoms with Gasteiger partial charge in [-0.3, -0.25) is 0 Å². The Labute approximate surface area is 184 Å². The predicted octanol–water partition coefficient (Wildman–Crippen LogP) is 6.50. The second-order valence-electron chi connectivity index (χ2n) is 6.97. The van der Waals surface area contributed by atoms with Gasteiger partial charge in [-0.25, -0.2) is 0 Å². The maximum Gasteiger partial charge on any atom is 0.134 e. The van der Waals surface area contributed by atoms with Crippen LogP contribution in [0.5, 0.6) is 5.75 Å². The number of aromatic amines is 1.